The van der Waals surface area contributed by atoms with E-state index in [2.05, 4.69) is 11.8 Å². The lowest BCUT2D eigenvalue weighted by Crippen LogP contribution is -2.35. The third-order valence-corrected chi connectivity index (χ3v) is 5.16. The summed E-state index contributed by atoms with van der Waals surface area (Å²) in [5.74, 6) is 0.157. The minimum Gasteiger partial charge on any atom is -0.408 e. The Hall–Kier alpha value is -1.62. The van der Waals surface area contributed by atoms with Gasteiger partial charge in [-0.2, -0.15) is 0 Å². The second-order valence-corrected chi connectivity index (χ2v) is 6.91. The molecule has 0 saturated carbocycles. The van der Waals surface area contributed by atoms with Crippen molar-refractivity contribution in [2.24, 2.45) is 5.92 Å². The number of aromatic nitrogens is 1. The van der Waals surface area contributed by atoms with E-state index >= 15 is 0 Å². The number of piperidine rings is 1. The summed E-state index contributed by atoms with van der Waals surface area (Å²) >= 11 is 0. The van der Waals surface area contributed by atoms with E-state index in [1.807, 2.05) is 0 Å². The van der Waals surface area contributed by atoms with Crippen molar-refractivity contribution >= 4 is 11.1 Å². The monoisotopic (exact) mass is 334 g/mol. The fourth-order valence-corrected chi connectivity index (χ4v) is 3.69. The fourth-order valence-electron chi connectivity index (χ4n) is 3.69. The molecule has 0 aliphatic carbocycles. The van der Waals surface area contributed by atoms with E-state index in [1.165, 1.54) is 50.3 Å². The van der Waals surface area contributed by atoms with Gasteiger partial charge in [-0.05, 0) is 56.9 Å². The van der Waals surface area contributed by atoms with Gasteiger partial charge in [0.1, 0.15) is 5.82 Å². The topological polar surface area (TPSA) is 38.4 Å². The molecule has 1 aromatic heterocycles. The van der Waals surface area contributed by atoms with E-state index in [9.17, 15) is 9.18 Å². The zero-order valence-electron chi connectivity index (χ0n) is 14.5. The molecular weight excluding hydrogens is 307 g/mol. The van der Waals surface area contributed by atoms with Gasteiger partial charge in [-0.1, -0.05) is 26.2 Å². The van der Waals surface area contributed by atoms with Crippen LogP contribution in [0.2, 0.25) is 0 Å². The van der Waals surface area contributed by atoms with Crippen LogP contribution >= 0.6 is 0 Å². The Morgan fingerprint density at radius 2 is 2.00 bits per heavy atom. The molecule has 0 amide bonds. The molecule has 0 radical (unpaired) electrons. The predicted molar refractivity (Wildman–Crippen MR) is 93.7 cm³/mol. The third-order valence-electron chi connectivity index (χ3n) is 5.16. The number of hydrogen-bond acceptors (Lipinski definition) is 3. The number of fused-ring (bicyclic) bond motifs is 1. The predicted octanol–water partition coefficient (Wildman–Crippen LogP) is 4.03. The van der Waals surface area contributed by atoms with Crippen LogP contribution in [0.4, 0.5) is 4.39 Å². The number of benzene rings is 1. The van der Waals surface area contributed by atoms with E-state index in [0.717, 1.165) is 32.0 Å². The van der Waals surface area contributed by atoms with Crippen molar-refractivity contribution < 1.29 is 8.81 Å². The lowest BCUT2D eigenvalue weighted by atomic mass is 9.91. The molecule has 24 heavy (non-hydrogen) atoms. The Bertz CT molecular complexity index is 714. The summed E-state index contributed by atoms with van der Waals surface area (Å²) in [5.41, 5.74) is 1.01. The van der Waals surface area contributed by atoms with E-state index in [-0.39, 0.29) is 5.82 Å². The van der Waals surface area contributed by atoms with E-state index in [1.54, 1.807) is 4.57 Å². The van der Waals surface area contributed by atoms with Crippen molar-refractivity contribution in [2.45, 2.75) is 52.0 Å². The molecule has 2 heterocycles. The molecule has 132 valence electrons. The third kappa shape index (κ3) is 4.07. The van der Waals surface area contributed by atoms with Crippen molar-refractivity contribution in [3.05, 3.63) is 34.6 Å². The number of likely N-dealkylation sites (tertiary alicyclic amines) is 1. The molecule has 0 spiro atoms. The normalized spacial score (nSPS) is 16.9. The molecular formula is C19H27FN2O2. The SMILES string of the molecule is CCCCC1CCN(CCCn2c(=O)oc3ccc(F)cc32)CC1. The number of rotatable bonds is 7. The van der Waals surface area contributed by atoms with Crippen LogP contribution in [0.3, 0.4) is 0 Å². The van der Waals surface area contributed by atoms with Gasteiger partial charge < -0.3 is 9.32 Å². The first-order chi connectivity index (χ1) is 11.7. The minimum absolute atomic E-state index is 0.341. The van der Waals surface area contributed by atoms with Crippen molar-refractivity contribution in [1.29, 1.82) is 0 Å². The molecule has 0 atom stereocenters. The molecule has 1 saturated heterocycles. The molecule has 4 nitrogen and oxygen atoms in total. The molecule has 1 aliphatic heterocycles. The number of unbranched alkanes of at least 4 members (excludes halogenated alkanes) is 1. The van der Waals surface area contributed by atoms with Crippen molar-refractivity contribution in [2.75, 3.05) is 19.6 Å². The van der Waals surface area contributed by atoms with Crippen LogP contribution in [0.5, 0.6) is 0 Å². The Morgan fingerprint density at radius 3 is 2.75 bits per heavy atom. The summed E-state index contributed by atoms with van der Waals surface area (Å²) in [6.45, 7) is 6.12. The summed E-state index contributed by atoms with van der Waals surface area (Å²) in [7, 11) is 0. The van der Waals surface area contributed by atoms with Gasteiger partial charge in [-0.3, -0.25) is 4.57 Å². The zero-order valence-corrected chi connectivity index (χ0v) is 14.5. The maximum atomic E-state index is 13.4. The lowest BCUT2D eigenvalue weighted by molar-refractivity contribution is 0.173. The highest BCUT2D eigenvalue weighted by atomic mass is 19.1. The highest BCUT2D eigenvalue weighted by molar-refractivity contribution is 5.72. The van der Waals surface area contributed by atoms with E-state index < -0.39 is 5.76 Å². The minimum atomic E-state index is -0.395. The molecule has 1 fully saturated rings. The molecule has 0 N–H and O–H groups in total. The van der Waals surface area contributed by atoms with Crippen LogP contribution in [0.1, 0.15) is 45.4 Å². The van der Waals surface area contributed by atoms with E-state index in [0.29, 0.717) is 17.6 Å². The van der Waals surface area contributed by atoms with Gasteiger partial charge >= 0.3 is 5.76 Å². The number of halogens is 1. The smallest absolute Gasteiger partial charge is 0.408 e. The van der Waals surface area contributed by atoms with Crippen molar-refractivity contribution in [3.8, 4) is 0 Å². The first kappa shape index (κ1) is 17.2. The number of nitrogens with zero attached hydrogens (tertiary/aromatic N) is 2. The van der Waals surface area contributed by atoms with Crippen LogP contribution in [0.25, 0.3) is 11.1 Å². The van der Waals surface area contributed by atoms with Crippen LogP contribution in [-0.2, 0) is 6.54 Å². The van der Waals surface area contributed by atoms with Gasteiger partial charge in [0.25, 0.3) is 0 Å². The molecule has 3 rings (SSSR count). The molecule has 2 aromatic rings. The molecule has 1 aromatic carbocycles. The molecule has 0 bridgehead atoms. The van der Waals surface area contributed by atoms with E-state index in [4.69, 9.17) is 4.42 Å². The first-order valence-electron chi connectivity index (χ1n) is 9.18. The zero-order chi connectivity index (χ0) is 16.9. The average Bonchev–Trinajstić information content (AvgIpc) is 2.89. The average molecular weight is 334 g/mol. The highest BCUT2D eigenvalue weighted by Crippen LogP contribution is 2.22. The standard InChI is InChI=1S/C19H27FN2O2/c1-2-3-5-15-8-12-21(13-9-15)10-4-11-22-17-14-16(20)6-7-18(17)24-19(22)23/h6-7,14-15H,2-5,8-13H2,1H3. The highest BCUT2D eigenvalue weighted by Gasteiger charge is 2.18. The number of oxazole rings is 1. The maximum Gasteiger partial charge on any atom is 0.419 e. The van der Waals surface area contributed by atoms with Crippen LogP contribution in [-0.4, -0.2) is 29.1 Å². The van der Waals surface area contributed by atoms with Gasteiger partial charge in [0.2, 0.25) is 0 Å². The second kappa shape index (κ2) is 7.97. The summed E-state index contributed by atoms with van der Waals surface area (Å²) in [4.78, 5) is 14.4. The Balaban J connectivity index is 1.50. The van der Waals surface area contributed by atoms with Crippen LogP contribution in [0.15, 0.2) is 27.4 Å². The van der Waals surface area contributed by atoms with Gasteiger partial charge in [-0.25, -0.2) is 9.18 Å². The number of aryl methyl sites for hydroxylation is 1. The largest absolute Gasteiger partial charge is 0.419 e. The Morgan fingerprint density at radius 1 is 1.21 bits per heavy atom. The Labute approximate surface area is 142 Å². The molecule has 0 unspecified atom stereocenters. The summed E-state index contributed by atoms with van der Waals surface area (Å²) in [5, 5.41) is 0. The fraction of sp³-hybridized carbons (Fsp3) is 0.632. The van der Waals surface area contributed by atoms with Crippen LogP contribution < -0.4 is 5.76 Å². The lowest BCUT2D eigenvalue weighted by Gasteiger charge is -2.31. The summed E-state index contributed by atoms with van der Waals surface area (Å²) in [6.07, 6.45) is 7.46. The van der Waals surface area contributed by atoms with Gasteiger partial charge in [0, 0.05) is 12.6 Å². The molecule has 1 aliphatic rings. The quantitative estimate of drug-likeness (QED) is 0.767. The maximum absolute atomic E-state index is 13.4. The summed E-state index contributed by atoms with van der Waals surface area (Å²) < 4.78 is 20.1. The summed E-state index contributed by atoms with van der Waals surface area (Å²) in [6, 6.07) is 4.21. The van der Waals surface area contributed by atoms with Gasteiger partial charge in [0.15, 0.2) is 5.58 Å². The first-order valence-corrected chi connectivity index (χ1v) is 9.18. The van der Waals surface area contributed by atoms with Crippen molar-refractivity contribution in [1.82, 2.24) is 9.47 Å². The van der Waals surface area contributed by atoms with Crippen molar-refractivity contribution in [3.63, 3.8) is 0 Å². The Kier molecular flexibility index (Phi) is 5.72. The molecule has 5 heteroatoms. The number of hydrogen-bond donors (Lipinski definition) is 0. The van der Waals surface area contributed by atoms with Gasteiger partial charge in [0.05, 0.1) is 5.52 Å². The van der Waals surface area contributed by atoms with Gasteiger partial charge in [-0.15, -0.1) is 0 Å². The van der Waals surface area contributed by atoms with Crippen LogP contribution in [0, 0.1) is 11.7 Å². The second-order valence-electron chi connectivity index (χ2n) is 6.91.